The summed E-state index contributed by atoms with van der Waals surface area (Å²) in [5.74, 6) is 0. The highest BCUT2D eigenvalue weighted by Gasteiger charge is 2.01. The third-order valence-corrected chi connectivity index (χ3v) is 2.66. The molecule has 0 unspecified atom stereocenters. The Morgan fingerprint density at radius 3 is 2.62 bits per heavy atom. The molecular weight excluding hydrogens is 182 g/mol. The summed E-state index contributed by atoms with van der Waals surface area (Å²) < 4.78 is 0. The Morgan fingerprint density at radius 2 is 1.92 bits per heavy atom. The maximum atomic E-state index is 4.11. The van der Waals surface area contributed by atoms with Crippen LogP contribution in [0.25, 0.3) is 0 Å². The lowest BCUT2D eigenvalue weighted by atomic mass is 10.4. The van der Waals surface area contributed by atoms with Crippen LogP contribution in [-0.2, 0) is 13.0 Å². The second-order valence-electron chi connectivity index (χ2n) is 3.02. The van der Waals surface area contributed by atoms with Crippen molar-refractivity contribution in [1.29, 1.82) is 0 Å². The molecule has 0 aromatic carbocycles. The van der Waals surface area contributed by atoms with Gasteiger partial charge in [0.2, 0.25) is 0 Å². The molecule has 0 bridgehead atoms. The Bertz CT molecular complexity index is 235. The highest BCUT2D eigenvalue weighted by Crippen LogP contribution is 2.10. The Hall–Kier alpha value is -0.480. The molecule has 74 valence electrons. The predicted octanol–water partition coefficient (Wildman–Crippen LogP) is 1.99. The van der Waals surface area contributed by atoms with E-state index in [0.717, 1.165) is 35.9 Å². The molecule has 0 saturated carbocycles. The summed E-state index contributed by atoms with van der Waals surface area (Å²) in [7, 11) is 0. The van der Waals surface area contributed by atoms with Crippen molar-refractivity contribution in [2.45, 2.75) is 39.7 Å². The van der Waals surface area contributed by atoms with E-state index < -0.39 is 0 Å². The number of nitrogens with one attached hydrogen (secondary N) is 1. The van der Waals surface area contributed by atoms with Crippen molar-refractivity contribution in [1.82, 2.24) is 15.5 Å². The SMILES string of the molecule is CCCNCc1nnc(CCC)s1. The minimum atomic E-state index is 0.870. The summed E-state index contributed by atoms with van der Waals surface area (Å²) in [6.45, 7) is 6.25. The molecule has 0 amide bonds. The molecule has 1 heterocycles. The molecule has 13 heavy (non-hydrogen) atoms. The van der Waals surface area contributed by atoms with Crippen LogP contribution in [-0.4, -0.2) is 16.7 Å². The lowest BCUT2D eigenvalue weighted by Crippen LogP contribution is -2.13. The zero-order valence-electron chi connectivity index (χ0n) is 8.34. The van der Waals surface area contributed by atoms with Crippen molar-refractivity contribution in [2.24, 2.45) is 0 Å². The van der Waals surface area contributed by atoms with Crippen LogP contribution in [0.15, 0.2) is 0 Å². The Labute approximate surface area is 83.6 Å². The van der Waals surface area contributed by atoms with Gasteiger partial charge in [0.25, 0.3) is 0 Å². The van der Waals surface area contributed by atoms with Crippen molar-refractivity contribution >= 4 is 11.3 Å². The topological polar surface area (TPSA) is 37.8 Å². The number of hydrogen-bond acceptors (Lipinski definition) is 4. The normalized spacial score (nSPS) is 10.6. The van der Waals surface area contributed by atoms with E-state index in [1.807, 2.05) is 0 Å². The van der Waals surface area contributed by atoms with E-state index in [-0.39, 0.29) is 0 Å². The van der Waals surface area contributed by atoms with Gasteiger partial charge in [0.05, 0.1) is 0 Å². The lowest BCUT2D eigenvalue weighted by Gasteiger charge is -1.96. The van der Waals surface area contributed by atoms with Gasteiger partial charge in [-0.1, -0.05) is 13.8 Å². The lowest BCUT2D eigenvalue weighted by molar-refractivity contribution is 0.667. The minimum absolute atomic E-state index is 0.870. The molecule has 0 fully saturated rings. The number of rotatable bonds is 6. The van der Waals surface area contributed by atoms with Gasteiger partial charge in [-0.15, -0.1) is 21.5 Å². The summed E-state index contributed by atoms with van der Waals surface area (Å²) in [5.41, 5.74) is 0. The van der Waals surface area contributed by atoms with Crippen molar-refractivity contribution in [3.63, 3.8) is 0 Å². The summed E-state index contributed by atoms with van der Waals surface area (Å²) in [5, 5.41) is 13.8. The van der Waals surface area contributed by atoms with E-state index in [9.17, 15) is 0 Å². The fourth-order valence-electron chi connectivity index (χ4n) is 1.05. The maximum absolute atomic E-state index is 4.11. The monoisotopic (exact) mass is 199 g/mol. The van der Waals surface area contributed by atoms with E-state index in [1.165, 1.54) is 6.42 Å². The first-order chi connectivity index (χ1) is 6.36. The predicted molar refractivity (Wildman–Crippen MR) is 55.9 cm³/mol. The number of aromatic nitrogens is 2. The van der Waals surface area contributed by atoms with Gasteiger partial charge in [0.15, 0.2) is 0 Å². The first-order valence-electron chi connectivity index (χ1n) is 4.88. The zero-order valence-corrected chi connectivity index (χ0v) is 9.15. The van der Waals surface area contributed by atoms with E-state index >= 15 is 0 Å². The van der Waals surface area contributed by atoms with Gasteiger partial charge in [-0.25, -0.2) is 0 Å². The molecule has 1 aromatic heterocycles. The van der Waals surface area contributed by atoms with Crippen molar-refractivity contribution < 1.29 is 0 Å². The first-order valence-corrected chi connectivity index (χ1v) is 5.70. The van der Waals surface area contributed by atoms with Crippen LogP contribution in [0.1, 0.15) is 36.7 Å². The smallest absolute Gasteiger partial charge is 0.131 e. The summed E-state index contributed by atoms with van der Waals surface area (Å²) >= 11 is 1.72. The molecule has 0 aliphatic carbocycles. The summed E-state index contributed by atoms with van der Waals surface area (Å²) in [6.07, 6.45) is 3.38. The summed E-state index contributed by atoms with van der Waals surface area (Å²) in [4.78, 5) is 0. The second-order valence-corrected chi connectivity index (χ2v) is 4.16. The molecule has 0 radical (unpaired) electrons. The molecule has 1 aromatic rings. The number of hydrogen-bond donors (Lipinski definition) is 1. The highest BCUT2D eigenvalue weighted by atomic mass is 32.1. The number of nitrogens with zero attached hydrogens (tertiary/aromatic N) is 2. The standard InChI is InChI=1S/C9H17N3S/c1-3-5-8-11-12-9(13-8)7-10-6-4-2/h10H,3-7H2,1-2H3. The maximum Gasteiger partial charge on any atom is 0.131 e. The molecule has 0 aliphatic rings. The summed E-state index contributed by atoms with van der Waals surface area (Å²) in [6, 6.07) is 0. The quantitative estimate of drug-likeness (QED) is 0.712. The molecule has 0 aliphatic heterocycles. The third-order valence-electron chi connectivity index (χ3n) is 1.68. The van der Waals surface area contributed by atoms with E-state index in [4.69, 9.17) is 0 Å². The molecule has 1 rings (SSSR count). The van der Waals surface area contributed by atoms with Crippen LogP contribution >= 0.6 is 11.3 Å². The van der Waals surface area contributed by atoms with Crippen LogP contribution in [0.3, 0.4) is 0 Å². The molecule has 4 heteroatoms. The van der Waals surface area contributed by atoms with Crippen LogP contribution < -0.4 is 5.32 Å². The van der Waals surface area contributed by atoms with Crippen LogP contribution in [0.4, 0.5) is 0 Å². The Kier molecular flexibility index (Phi) is 4.93. The van der Waals surface area contributed by atoms with Gasteiger partial charge in [-0.2, -0.15) is 0 Å². The van der Waals surface area contributed by atoms with Crippen molar-refractivity contribution in [3.8, 4) is 0 Å². The molecular formula is C9H17N3S. The average Bonchev–Trinajstić information content (AvgIpc) is 2.54. The third kappa shape index (κ3) is 3.83. The number of aryl methyl sites for hydroxylation is 1. The molecule has 0 saturated heterocycles. The fourth-order valence-corrected chi connectivity index (χ4v) is 1.96. The zero-order chi connectivity index (χ0) is 9.52. The Morgan fingerprint density at radius 1 is 1.15 bits per heavy atom. The van der Waals surface area contributed by atoms with E-state index in [1.54, 1.807) is 11.3 Å². The van der Waals surface area contributed by atoms with Gasteiger partial charge < -0.3 is 5.32 Å². The molecule has 3 nitrogen and oxygen atoms in total. The first kappa shape index (κ1) is 10.6. The Balaban J connectivity index is 2.31. The largest absolute Gasteiger partial charge is 0.310 e. The molecule has 0 atom stereocenters. The van der Waals surface area contributed by atoms with Gasteiger partial charge in [-0.3, -0.25) is 0 Å². The molecule has 1 N–H and O–H groups in total. The minimum Gasteiger partial charge on any atom is -0.310 e. The average molecular weight is 199 g/mol. The second kappa shape index (κ2) is 6.05. The van der Waals surface area contributed by atoms with Gasteiger partial charge in [0.1, 0.15) is 10.0 Å². The van der Waals surface area contributed by atoms with Gasteiger partial charge in [-0.05, 0) is 19.4 Å². The fraction of sp³-hybridized carbons (Fsp3) is 0.778. The molecule has 0 spiro atoms. The van der Waals surface area contributed by atoms with E-state index in [0.29, 0.717) is 0 Å². The highest BCUT2D eigenvalue weighted by molar-refractivity contribution is 7.11. The van der Waals surface area contributed by atoms with Gasteiger partial charge >= 0.3 is 0 Å². The van der Waals surface area contributed by atoms with Crippen LogP contribution in [0, 0.1) is 0 Å². The van der Waals surface area contributed by atoms with Gasteiger partial charge in [0, 0.05) is 13.0 Å². The van der Waals surface area contributed by atoms with E-state index in [2.05, 4.69) is 29.4 Å². The van der Waals surface area contributed by atoms with Crippen LogP contribution in [0.2, 0.25) is 0 Å². The van der Waals surface area contributed by atoms with Crippen molar-refractivity contribution in [3.05, 3.63) is 10.0 Å². The van der Waals surface area contributed by atoms with Crippen molar-refractivity contribution in [2.75, 3.05) is 6.54 Å². The van der Waals surface area contributed by atoms with Crippen LogP contribution in [0.5, 0.6) is 0 Å².